The van der Waals surface area contributed by atoms with Crippen LogP contribution >= 0.6 is 0 Å². The Labute approximate surface area is 188 Å². The molecule has 0 unspecified atom stereocenters. The number of rotatable bonds is 8. The average molecular weight is 470 g/mol. The number of morpholine rings is 1. The molecule has 0 aliphatic carbocycles. The largest absolute Gasteiger partial charge is 0.497 e. The Kier molecular flexibility index (Phi) is 8.32. The lowest BCUT2D eigenvalue weighted by atomic mass is 9.95. The van der Waals surface area contributed by atoms with Crippen LogP contribution in [0.5, 0.6) is 11.5 Å². The van der Waals surface area contributed by atoms with Gasteiger partial charge in [0, 0.05) is 50.3 Å². The molecule has 0 aromatic heterocycles. The van der Waals surface area contributed by atoms with Crippen LogP contribution in [0.2, 0.25) is 0 Å². The SMILES string of the molecule is COc1cc(OC)cc(C(=O)N2CCC(C(=O)NCCS(=O)(=O)N3CCOCC3)CC2)c1. The summed E-state index contributed by atoms with van der Waals surface area (Å²) in [6, 6.07) is 5.03. The predicted octanol–water partition coefficient (Wildman–Crippen LogP) is 0.334. The van der Waals surface area contributed by atoms with E-state index in [1.165, 1.54) is 18.5 Å². The number of benzene rings is 1. The zero-order chi connectivity index (χ0) is 23.1. The van der Waals surface area contributed by atoms with Crippen molar-refractivity contribution in [2.24, 2.45) is 5.92 Å². The van der Waals surface area contributed by atoms with Gasteiger partial charge in [-0.15, -0.1) is 0 Å². The number of nitrogens with one attached hydrogen (secondary N) is 1. The van der Waals surface area contributed by atoms with Crippen LogP contribution in [0.15, 0.2) is 18.2 Å². The van der Waals surface area contributed by atoms with Crippen LogP contribution in [0.1, 0.15) is 23.2 Å². The van der Waals surface area contributed by atoms with Crippen molar-refractivity contribution in [1.29, 1.82) is 0 Å². The molecule has 3 rings (SSSR count). The molecule has 1 aromatic carbocycles. The van der Waals surface area contributed by atoms with Crippen LogP contribution in [-0.2, 0) is 19.6 Å². The molecule has 2 fully saturated rings. The van der Waals surface area contributed by atoms with Crippen LogP contribution in [-0.4, -0.2) is 95.3 Å². The van der Waals surface area contributed by atoms with Crippen molar-refractivity contribution in [2.75, 3.05) is 65.9 Å². The number of hydrogen-bond acceptors (Lipinski definition) is 7. The second-order valence-electron chi connectivity index (χ2n) is 7.79. The smallest absolute Gasteiger partial charge is 0.254 e. The molecule has 1 aromatic rings. The fraction of sp³-hybridized carbons (Fsp3) is 0.619. The van der Waals surface area contributed by atoms with Gasteiger partial charge in [0.15, 0.2) is 0 Å². The second kappa shape index (κ2) is 11.0. The van der Waals surface area contributed by atoms with Crippen molar-refractivity contribution < 1.29 is 32.2 Å². The van der Waals surface area contributed by atoms with E-state index in [0.717, 1.165) is 0 Å². The van der Waals surface area contributed by atoms with Crippen LogP contribution in [0, 0.1) is 5.92 Å². The van der Waals surface area contributed by atoms with Gasteiger partial charge < -0.3 is 24.4 Å². The van der Waals surface area contributed by atoms with E-state index in [2.05, 4.69) is 5.32 Å². The zero-order valence-electron chi connectivity index (χ0n) is 18.5. The maximum Gasteiger partial charge on any atom is 0.254 e. The van der Waals surface area contributed by atoms with Gasteiger partial charge in [-0.25, -0.2) is 8.42 Å². The summed E-state index contributed by atoms with van der Waals surface area (Å²) in [4.78, 5) is 27.1. The summed E-state index contributed by atoms with van der Waals surface area (Å²) >= 11 is 0. The second-order valence-corrected chi connectivity index (χ2v) is 9.87. The molecule has 10 nitrogen and oxygen atoms in total. The Morgan fingerprint density at radius 1 is 1.03 bits per heavy atom. The molecule has 0 atom stereocenters. The highest BCUT2D eigenvalue weighted by Gasteiger charge is 2.29. The van der Waals surface area contributed by atoms with Crippen molar-refractivity contribution in [1.82, 2.24) is 14.5 Å². The molecule has 2 saturated heterocycles. The van der Waals surface area contributed by atoms with Crippen molar-refractivity contribution in [3.8, 4) is 11.5 Å². The first-order valence-electron chi connectivity index (χ1n) is 10.7. The summed E-state index contributed by atoms with van der Waals surface area (Å²) in [5.74, 6) is 0.385. The molecule has 1 N–H and O–H groups in total. The van der Waals surface area contributed by atoms with E-state index in [1.807, 2.05) is 0 Å². The number of amides is 2. The van der Waals surface area contributed by atoms with Gasteiger partial charge in [-0.05, 0) is 25.0 Å². The number of sulfonamides is 1. The normalized spacial score (nSPS) is 18.2. The lowest BCUT2D eigenvalue weighted by molar-refractivity contribution is -0.126. The average Bonchev–Trinajstić information content (AvgIpc) is 2.83. The lowest BCUT2D eigenvalue weighted by Crippen LogP contribution is -2.46. The first kappa shape index (κ1) is 24.3. The summed E-state index contributed by atoms with van der Waals surface area (Å²) in [6.45, 7) is 2.45. The first-order valence-corrected chi connectivity index (χ1v) is 12.3. The van der Waals surface area contributed by atoms with E-state index in [1.54, 1.807) is 23.1 Å². The molecule has 0 radical (unpaired) electrons. The number of methoxy groups -OCH3 is 2. The topological polar surface area (TPSA) is 114 Å². The summed E-state index contributed by atoms with van der Waals surface area (Å²) < 4.78 is 41.7. The maximum absolute atomic E-state index is 12.9. The monoisotopic (exact) mass is 469 g/mol. The van der Waals surface area contributed by atoms with Gasteiger partial charge >= 0.3 is 0 Å². The van der Waals surface area contributed by atoms with Gasteiger partial charge in [-0.1, -0.05) is 0 Å². The van der Waals surface area contributed by atoms with Crippen molar-refractivity contribution in [2.45, 2.75) is 12.8 Å². The number of hydrogen-bond donors (Lipinski definition) is 1. The van der Waals surface area contributed by atoms with Gasteiger partial charge in [-0.3, -0.25) is 9.59 Å². The zero-order valence-corrected chi connectivity index (χ0v) is 19.4. The van der Waals surface area contributed by atoms with E-state index in [4.69, 9.17) is 14.2 Å². The summed E-state index contributed by atoms with van der Waals surface area (Å²) in [5.41, 5.74) is 0.470. The molecular formula is C21H31N3O7S. The molecule has 0 saturated carbocycles. The van der Waals surface area contributed by atoms with Gasteiger partial charge in [0.2, 0.25) is 15.9 Å². The Bertz CT molecular complexity index is 886. The van der Waals surface area contributed by atoms with Gasteiger partial charge in [0.05, 0.1) is 33.2 Å². The highest BCUT2D eigenvalue weighted by atomic mass is 32.2. The van der Waals surface area contributed by atoms with Crippen molar-refractivity contribution in [3.63, 3.8) is 0 Å². The molecular weight excluding hydrogens is 438 g/mol. The molecule has 32 heavy (non-hydrogen) atoms. The quantitative estimate of drug-likeness (QED) is 0.584. The molecule has 2 heterocycles. The molecule has 2 aliphatic heterocycles. The molecule has 2 aliphatic rings. The number of piperidine rings is 1. The minimum Gasteiger partial charge on any atom is -0.497 e. The Morgan fingerprint density at radius 3 is 2.19 bits per heavy atom. The predicted molar refractivity (Wildman–Crippen MR) is 117 cm³/mol. The minimum absolute atomic E-state index is 0.0707. The number of carbonyl (C=O) groups is 2. The van der Waals surface area contributed by atoms with Crippen LogP contribution in [0.3, 0.4) is 0 Å². The van der Waals surface area contributed by atoms with Gasteiger partial charge in [0.25, 0.3) is 5.91 Å². The van der Waals surface area contributed by atoms with Gasteiger partial charge in [0.1, 0.15) is 11.5 Å². The Morgan fingerprint density at radius 2 is 1.62 bits per heavy atom. The van der Waals surface area contributed by atoms with Gasteiger partial charge in [-0.2, -0.15) is 4.31 Å². The van der Waals surface area contributed by atoms with Crippen LogP contribution in [0.4, 0.5) is 0 Å². The third kappa shape index (κ3) is 6.11. The van der Waals surface area contributed by atoms with Crippen LogP contribution in [0.25, 0.3) is 0 Å². The van der Waals surface area contributed by atoms with Crippen LogP contribution < -0.4 is 14.8 Å². The molecule has 0 bridgehead atoms. The molecule has 0 spiro atoms. The van der Waals surface area contributed by atoms with E-state index in [0.29, 0.717) is 69.3 Å². The van der Waals surface area contributed by atoms with E-state index < -0.39 is 10.0 Å². The fourth-order valence-electron chi connectivity index (χ4n) is 3.86. The van der Waals surface area contributed by atoms with E-state index in [-0.39, 0.29) is 30.0 Å². The third-order valence-electron chi connectivity index (χ3n) is 5.77. The number of likely N-dealkylation sites (tertiary alicyclic amines) is 1. The fourth-order valence-corrected chi connectivity index (χ4v) is 5.18. The minimum atomic E-state index is -3.41. The maximum atomic E-state index is 12.9. The summed E-state index contributed by atoms with van der Waals surface area (Å²) in [7, 11) is -0.352. The number of carbonyl (C=O) groups excluding carboxylic acids is 2. The molecule has 11 heteroatoms. The molecule has 178 valence electrons. The lowest BCUT2D eigenvalue weighted by Gasteiger charge is -2.31. The summed E-state index contributed by atoms with van der Waals surface area (Å²) in [6.07, 6.45) is 1.05. The third-order valence-corrected chi connectivity index (χ3v) is 7.65. The highest BCUT2D eigenvalue weighted by Crippen LogP contribution is 2.25. The van der Waals surface area contributed by atoms with Crippen molar-refractivity contribution >= 4 is 21.8 Å². The Hall–Kier alpha value is -2.37. The standard InChI is InChI=1S/C21H31N3O7S/c1-29-18-13-17(14-19(15-18)30-2)21(26)23-6-3-16(4-7-23)20(25)22-5-12-32(27,28)24-8-10-31-11-9-24/h13-16H,3-12H2,1-2H3,(H,22,25). The highest BCUT2D eigenvalue weighted by molar-refractivity contribution is 7.89. The number of ether oxygens (including phenoxy) is 3. The number of nitrogens with zero attached hydrogens (tertiary/aromatic N) is 2. The Balaban J connectivity index is 1.47. The molecule has 2 amide bonds. The van der Waals surface area contributed by atoms with E-state index in [9.17, 15) is 18.0 Å². The summed E-state index contributed by atoms with van der Waals surface area (Å²) in [5, 5.41) is 2.74. The van der Waals surface area contributed by atoms with Crippen molar-refractivity contribution in [3.05, 3.63) is 23.8 Å². The van der Waals surface area contributed by atoms with E-state index >= 15 is 0 Å². The first-order chi connectivity index (χ1) is 15.3.